The maximum atomic E-state index is 12.0. The van der Waals surface area contributed by atoms with Gasteiger partial charge in [-0.2, -0.15) is 0 Å². The molecule has 0 radical (unpaired) electrons. The Bertz CT molecular complexity index is 361. The van der Waals surface area contributed by atoms with E-state index in [2.05, 4.69) is 6.92 Å². The SMILES string of the molecule is CCCCCCCCCCCC(=O)C[C@@]1(O)O[C@H](CO)[C@H](O)[C@H]1O. The zero-order chi connectivity index (χ0) is 18.0. The summed E-state index contributed by atoms with van der Waals surface area (Å²) in [6, 6.07) is 0. The summed E-state index contributed by atoms with van der Waals surface area (Å²) in [5.74, 6) is -2.30. The van der Waals surface area contributed by atoms with E-state index < -0.39 is 30.7 Å². The van der Waals surface area contributed by atoms with Crippen molar-refractivity contribution in [1.29, 1.82) is 0 Å². The fourth-order valence-electron chi connectivity index (χ4n) is 3.17. The van der Waals surface area contributed by atoms with Crippen LogP contribution in [0, 0.1) is 0 Å². The third-order valence-corrected chi connectivity index (χ3v) is 4.71. The number of ether oxygens (including phenoxy) is 1. The molecule has 0 amide bonds. The first-order valence-electron chi connectivity index (χ1n) is 9.33. The van der Waals surface area contributed by atoms with Gasteiger partial charge in [0.05, 0.1) is 13.0 Å². The molecular weight excluding hydrogens is 312 g/mol. The molecule has 0 aromatic carbocycles. The van der Waals surface area contributed by atoms with Crippen molar-refractivity contribution in [1.82, 2.24) is 0 Å². The van der Waals surface area contributed by atoms with Gasteiger partial charge in [0.15, 0.2) is 0 Å². The second-order valence-corrected chi connectivity index (χ2v) is 6.91. The van der Waals surface area contributed by atoms with Crippen LogP contribution in [0.4, 0.5) is 0 Å². The summed E-state index contributed by atoms with van der Waals surface area (Å²) in [4.78, 5) is 12.0. The van der Waals surface area contributed by atoms with Gasteiger partial charge in [0.25, 0.3) is 0 Å². The van der Waals surface area contributed by atoms with Gasteiger partial charge < -0.3 is 25.2 Å². The summed E-state index contributed by atoms with van der Waals surface area (Å²) in [7, 11) is 0. The number of rotatable bonds is 13. The van der Waals surface area contributed by atoms with Crippen LogP contribution in [-0.4, -0.2) is 56.9 Å². The largest absolute Gasteiger partial charge is 0.394 e. The highest BCUT2D eigenvalue weighted by Crippen LogP contribution is 2.32. The number of Topliss-reactive ketones (excluding diaryl/α,β-unsaturated/α-hetero) is 1. The molecule has 4 N–H and O–H groups in total. The number of unbranched alkanes of at least 4 members (excludes halogenated alkanes) is 8. The molecule has 0 unspecified atom stereocenters. The predicted molar refractivity (Wildman–Crippen MR) is 90.4 cm³/mol. The monoisotopic (exact) mass is 346 g/mol. The summed E-state index contributed by atoms with van der Waals surface area (Å²) in [5.41, 5.74) is 0. The minimum atomic E-state index is -2.09. The first-order valence-corrected chi connectivity index (χ1v) is 9.33. The lowest BCUT2D eigenvalue weighted by atomic mass is 9.97. The van der Waals surface area contributed by atoms with Crippen molar-refractivity contribution in [2.24, 2.45) is 0 Å². The first-order chi connectivity index (χ1) is 11.4. The summed E-state index contributed by atoms with van der Waals surface area (Å²) in [6.45, 7) is 1.68. The van der Waals surface area contributed by atoms with Crippen molar-refractivity contribution in [3.05, 3.63) is 0 Å². The lowest BCUT2D eigenvalue weighted by Crippen LogP contribution is -2.44. The molecule has 1 fully saturated rings. The van der Waals surface area contributed by atoms with Crippen LogP contribution in [0.2, 0.25) is 0 Å². The normalized spacial score (nSPS) is 30.0. The molecule has 0 aromatic heterocycles. The van der Waals surface area contributed by atoms with Crippen LogP contribution in [0.1, 0.15) is 77.6 Å². The quantitative estimate of drug-likeness (QED) is 0.378. The van der Waals surface area contributed by atoms with E-state index >= 15 is 0 Å². The molecule has 24 heavy (non-hydrogen) atoms. The maximum absolute atomic E-state index is 12.0. The summed E-state index contributed by atoms with van der Waals surface area (Å²) < 4.78 is 5.07. The summed E-state index contributed by atoms with van der Waals surface area (Å²) in [6.07, 6.45) is 6.34. The van der Waals surface area contributed by atoms with E-state index in [-0.39, 0.29) is 12.2 Å². The van der Waals surface area contributed by atoms with Crippen molar-refractivity contribution >= 4 is 5.78 Å². The molecule has 4 atom stereocenters. The number of carbonyl (C=O) groups is 1. The molecule has 0 spiro atoms. The van der Waals surface area contributed by atoms with Gasteiger partial charge in [-0.05, 0) is 6.42 Å². The van der Waals surface area contributed by atoms with Crippen LogP contribution >= 0.6 is 0 Å². The predicted octanol–water partition coefficient (Wildman–Crippen LogP) is 1.67. The van der Waals surface area contributed by atoms with Gasteiger partial charge in [0.2, 0.25) is 5.79 Å². The van der Waals surface area contributed by atoms with Crippen LogP contribution in [0.25, 0.3) is 0 Å². The van der Waals surface area contributed by atoms with Gasteiger partial charge in [0.1, 0.15) is 24.1 Å². The summed E-state index contributed by atoms with van der Waals surface area (Å²) >= 11 is 0. The van der Waals surface area contributed by atoms with Crippen LogP contribution in [0.3, 0.4) is 0 Å². The van der Waals surface area contributed by atoms with Gasteiger partial charge in [-0.1, -0.05) is 58.3 Å². The average Bonchev–Trinajstić information content (AvgIpc) is 2.77. The molecule has 0 aromatic rings. The Balaban J connectivity index is 2.14. The first kappa shape index (κ1) is 21.5. The third kappa shape index (κ3) is 6.76. The van der Waals surface area contributed by atoms with E-state index in [1.54, 1.807) is 0 Å². The second-order valence-electron chi connectivity index (χ2n) is 6.91. The highest BCUT2D eigenvalue weighted by atomic mass is 16.7. The van der Waals surface area contributed by atoms with Crippen molar-refractivity contribution in [2.75, 3.05) is 6.61 Å². The van der Waals surface area contributed by atoms with Crippen LogP contribution < -0.4 is 0 Å². The molecule has 0 bridgehead atoms. The second kappa shape index (κ2) is 11.2. The van der Waals surface area contributed by atoms with Crippen molar-refractivity contribution in [3.63, 3.8) is 0 Å². The third-order valence-electron chi connectivity index (χ3n) is 4.71. The highest BCUT2D eigenvalue weighted by Gasteiger charge is 2.53. The Labute approximate surface area is 144 Å². The number of carbonyl (C=O) groups excluding carboxylic acids is 1. The Morgan fingerprint density at radius 3 is 2.04 bits per heavy atom. The Hall–Kier alpha value is -0.530. The number of hydrogen-bond donors (Lipinski definition) is 4. The molecule has 1 aliphatic heterocycles. The molecule has 1 saturated heterocycles. The molecule has 0 saturated carbocycles. The van der Waals surface area contributed by atoms with Crippen LogP contribution in [-0.2, 0) is 9.53 Å². The van der Waals surface area contributed by atoms with Crippen molar-refractivity contribution in [2.45, 2.75) is 102 Å². The van der Waals surface area contributed by atoms with Crippen LogP contribution in [0.15, 0.2) is 0 Å². The minimum Gasteiger partial charge on any atom is -0.394 e. The molecule has 6 nitrogen and oxygen atoms in total. The number of aliphatic hydroxyl groups excluding tert-OH is 3. The smallest absolute Gasteiger partial charge is 0.202 e. The number of hydrogen-bond acceptors (Lipinski definition) is 6. The Kier molecular flexibility index (Phi) is 10.0. The Morgan fingerprint density at radius 2 is 1.54 bits per heavy atom. The molecule has 6 heteroatoms. The highest BCUT2D eigenvalue weighted by molar-refractivity contribution is 5.79. The lowest BCUT2D eigenvalue weighted by Gasteiger charge is -2.25. The van der Waals surface area contributed by atoms with Gasteiger partial charge in [-0.25, -0.2) is 0 Å². The van der Waals surface area contributed by atoms with E-state index in [4.69, 9.17) is 9.84 Å². The van der Waals surface area contributed by atoms with Gasteiger partial charge in [0, 0.05) is 6.42 Å². The minimum absolute atomic E-state index is 0.203. The van der Waals surface area contributed by atoms with Gasteiger partial charge >= 0.3 is 0 Å². The number of ketones is 1. The zero-order valence-electron chi connectivity index (χ0n) is 14.8. The molecule has 1 heterocycles. The summed E-state index contributed by atoms with van der Waals surface area (Å²) in [5, 5.41) is 38.7. The van der Waals surface area contributed by atoms with E-state index in [1.165, 1.54) is 38.5 Å². The topological polar surface area (TPSA) is 107 Å². The fourth-order valence-corrected chi connectivity index (χ4v) is 3.17. The van der Waals surface area contributed by atoms with E-state index in [1.807, 2.05) is 0 Å². The van der Waals surface area contributed by atoms with Gasteiger partial charge in [-0.15, -0.1) is 0 Å². The Morgan fingerprint density at radius 1 is 1.00 bits per heavy atom. The average molecular weight is 346 g/mol. The zero-order valence-corrected chi connectivity index (χ0v) is 14.8. The molecule has 1 rings (SSSR count). The molecule has 1 aliphatic rings. The van der Waals surface area contributed by atoms with E-state index in [9.17, 15) is 20.1 Å². The van der Waals surface area contributed by atoms with Crippen molar-refractivity contribution in [3.8, 4) is 0 Å². The van der Waals surface area contributed by atoms with E-state index in [0.29, 0.717) is 6.42 Å². The molecular formula is C18H34O6. The van der Waals surface area contributed by atoms with E-state index in [0.717, 1.165) is 19.3 Å². The van der Waals surface area contributed by atoms with Crippen molar-refractivity contribution < 1.29 is 30.0 Å². The lowest BCUT2D eigenvalue weighted by molar-refractivity contribution is -0.231. The fraction of sp³-hybridized carbons (Fsp3) is 0.944. The van der Waals surface area contributed by atoms with Gasteiger partial charge in [-0.3, -0.25) is 4.79 Å². The van der Waals surface area contributed by atoms with Crippen LogP contribution in [0.5, 0.6) is 0 Å². The standard InChI is InChI=1S/C18H34O6/c1-2-3-4-5-6-7-8-9-10-11-14(20)12-18(23)17(22)16(21)15(13-19)24-18/h15-17,19,21-23H,2-13H2,1H3/t15-,16+,17-,18-/m1/s1. The maximum Gasteiger partial charge on any atom is 0.202 e. The molecule has 142 valence electrons. The molecule has 0 aliphatic carbocycles. The number of aliphatic hydroxyl groups is 4.